The normalized spacial score (nSPS) is 11.5. The first kappa shape index (κ1) is 17.6. The topological polar surface area (TPSA) is 87.9 Å². The molecule has 2 rings (SSSR count). The average molecular weight is 352 g/mol. The first-order chi connectivity index (χ1) is 11.4. The van der Waals surface area contributed by atoms with Gasteiger partial charge in [-0.3, -0.25) is 10.1 Å². The zero-order chi connectivity index (χ0) is 17.7. The molecule has 0 N–H and O–H groups in total. The molecule has 0 bridgehead atoms. The minimum absolute atomic E-state index is 0.183. The Balaban J connectivity index is 2.11. The van der Waals surface area contributed by atoms with Gasteiger partial charge in [0.2, 0.25) is 5.75 Å². The van der Waals surface area contributed by atoms with Gasteiger partial charge in [-0.1, -0.05) is 11.6 Å². The molecule has 0 radical (unpaired) electrons. The van der Waals surface area contributed by atoms with Crippen molar-refractivity contribution in [1.82, 2.24) is 0 Å². The number of nitro groups is 1. The molecule has 0 spiro atoms. The summed E-state index contributed by atoms with van der Waals surface area (Å²) in [5.74, 6) is -0.240. The van der Waals surface area contributed by atoms with E-state index in [1.807, 2.05) is 0 Å². The van der Waals surface area contributed by atoms with Crippen molar-refractivity contribution >= 4 is 23.3 Å². The predicted molar refractivity (Wildman–Crippen MR) is 86.8 cm³/mol. The van der Waals surface area contributed by atoms with E-state index in [4.69, 9.17) is 25.8 Å². The van der Waals surface area contributed by atoms with Crippen molar-refractivity contribution in [2.45, 2.75) is 13.0 Å². The van der Waals surface area contributed by atoms with Crippen molar-refractivity contribution in [1.29, 1.82) is 0 Å². The number of hydrogen-bond donors (Lipinski definition) is 0. The van der Waals surface area contributed by atoms with Crippen LogP contribution < -0.4 is 14.2 Å². The highest BCUT2D eigenvalue weighted by Gasteiger charge is 2.23. The fraction of sp³-hybridized carbons (Fsp3) is 0.188. The van der Waals surface area contributed by atoms with Gasteiger partial charge in [0.05, 0.1) is 18.1 Å². The van der Waals surface area contributed by atoms with Crippen molar-refractivity contribution in [2.75, 3.05) is 7.11 Å². The quantitative estimate of drug-likeness (QED) is 0.342. The number of nitrogens with zero attached hydrogens (tertiary/aromatic N) is 1. The van der Waals surface area contributed by atoms with Crippen molar-refractivity contribution in [3.05, 3.63) is 57.6 Å². The van der Waals surface area contributed by atoms with Gasteiger partial charge in [-0.15, -0.1) is 0 Å². The van der Waals surface area contributed by atoms with Crippen LogP contribution in [-0.2, 0) is 4.79 Å². The molecule has 0 aromatic heterocycles. The van der Waals surface area contributed by atoms with Crippen LogP contribution in [0.4, 0.5) is 5.69 Å². The van der Waals surface area contributed by atoms with Crippen LogP contribution in [0.5, 0.6) is 17.2 Å². The van der Waals surface area contributed by atoms with Crippen LogP contribution in [0.1, 0.15) is 6.92 Å². The largest absolute Gasteiger partial charge is 0.496 e. The van der Waals surface area contributed by atoms with Gasteiger partial charge in [-0.25, -0.2) is 4.79 Å². The minimum Gasteiger partial charge on any atom is -0.496 e. The Morgan fingerprint density at radius 1 is 1.17 bits per heavy atom. The Morgan fingerprint density at radius 3 is 2.38 bits per heavy atom. The van der Waals surface area contributed by atoms with Gasteiger partial charge >= 0.3 is 11.7 Å². The van der Waals surface area contributed by atoms with E-state index < -0.39 is 17.0 Å². The predicted octanol–water partition coefficient (Wildman–Crippen LogP) is 3.63. The standard InChI is InChI=1S/C16H14ClNO6/c1-10(23-12-5-3-11(17)4-6-12)16(19)24-15-8-7-13(22-2)9-14(15)18(20)21/h3-10H,1-2H3. The summed E-state index contributed by atoms with van der Waals surface area (Å²) in [5.41, 5.74) is -0.374. The monoisotopic (exact) mass is 351 g/mol. The van der Waals surface area contributed by atoms with E-state index in [1.54, 1.807) is 24.3 Å². The molecule has 0 saturated carbocycles. The van der Waals surface area contributed by atoms with E-state index in [1.165, 1.54) is 32.2 Å². The van der Waals surface area contributed by atoms with Crippen LogP contribution in [0.3, 0.4) is 0 Å². The van der Waals surface area contributed by atoms with Crippen molar-refractivity contribution < 1.29 is 23.9 Å². The molecule has 24 heavy (non-hydrogen) atoms. The molecule has 2 aromatic rings. The summed E-state index contributed by atoms with van der Waals surface area (Å²) in [7, 11) is 1.38. The molecule has 7 nitrogen and oxygen atoms in total. The summed E-state index contributed by atoms with van der Waals surface area (Å²) < 4.78 is 15.4. The molecule has 0 aliphatic rings. The zero-order valence-corrected chi connectivity index (χ0v) is 13.6. The summed E-state index contributed by atoms with van der Waals surface area (Å²) in [6, 6.07) is 10.4. The number of esters is 1. The lowest BCUT2D eigenvalue weighted by Crippen LogP contribution is -2.28. The fourth-order valence-corrected chi connectivity index (χ4v) is 1.94. The first-order valence-corrected chi connectivity index (χ1v) is 7.25. The fourth-order valence-electron chi connectivity index (χ4n) is 1.81. The Morgan fingerprint density at radius 2 is 1.79 bits per heavy atom. The Kier molecular flexibility index (Phi) is 5.59. The highest BCUT2D eigenvalue weighted by molar-refractivity contribution is 6.30. The molecule has 126 valence electrons. The van der Waals surface area contributed by atoms with Gasteiger partial charge in [0.1, 0.15) is 11.5 Å². The molecule has 0 fully saturated rings. The first-order valence-electron chi connectivity index (χ1n) is 6.87. The molecule has 8 heteroatoms. The lowest BCUT2D eigenvalue weighted by molar-refractivity contribution is -0.385. The Hall–Kier alpha value is -2.80. The van der Waals surface area contributed by atoms with E-state index in [9.17, 15) is 14.9 Å². The van der Waals surface area contributed by atoms with E-state index in [0.717, 1.165) is 0 Å². The number of halogens is 1. The number of carbonyl (C=O) groups is 1. The maximum atomic E-state index is 12.1. The number of methoxy groups -OCH3 is 1. The second-order valence-corrected chi connectivity index (χ2v) is 5.16. The van der Waals surface area contributed by atoms with Crippen LogP contribution >= 0.6 is 11.6 Å². The molecule has 0 aliphatic carbocycles. The lowest BCUT2D eigenvalue weighted by atomic mass is 10.2. The molecule has 0 saturated heterocycles. The number of benzene rings is 2. The summed E-state index contributed by atoms with van der Waals surface area (Å²) >= 11 is 5.77. The maximum Gasteiger partial charge on any atom is 0.352 e. The number of rotatable bonds is 6. The molecule has 2 aromatic carbocycles. The lowest BCUT2D eigenvalue weighted by Gasteiger charge is -2.14. The van der Waals surface area contributed by atoms with Crippen LogP contribution in [0.25, 0.3) is 0 Å². The SMILES string of the molecule is COc1ccc(OC(=O)C(C)Oc2ccc(Cl)cc2)c([N+](=O)[O-])c1. The molecule has 1 atom stereocenters. The second-order valence-electron chi connectivity index (χ2n) is 4.73. The molecule has 1 unspecified atom stereocenters. The van der Waals surface area contributed by atoms with Gasteiger partial charge in [0.15, 0.2) is 6.10 Å². The molecular formula is C16H14ClNO6. The molecule has 0 amide bonds. The third-order valence-corrected chi connectivity index (χ3v) is 3.28. The van der Waals surface area contributed by atoms with Gasteiger partial charge in [-0.05, 0) is 43.3 Å². The zero-order valence-electron chi connectivity index (χ0n) is 12.9. The van der Waals surface area contributed by atoms with E-state index >= 15 is 0 Å². The maximum absolute atomic E-state index is 12.1. The van der Waals surface area contributed by atoms with Crippen molar-refractivity contribution in [3.63, 3.8) is 0 Å². The van der Waals surface area contributed by atoms with Crippen LogP contribution in [0.2, 0.25) is 5.02 Å². The third kappa shape index (κ3) is 4.36. The van der Waals surface area contributed by atoms with E-state index in [2.05, 4.69) is 0 Å². The highest BCUT2D eigenvalue weighted by atomic mass is 35.5. The minimum atomic E-state index is -0.965. The average Bonchev–Trinajstić information content (AvgIpc) is 2.57. The number of carbonyl (C=O) groups excluding carboxylic acids is 1. The number of ether oxygens (including phenoxy) is 3. The summed E-state index contributed by atoms with van der Waals surface area (Å²) in [6.45, 7) is 1.48. The Bertz CT molecular complexity index is 747. The van der Waals surface area contributed by atoms with Crippen LogP contribution in [0, 0.1) is 10.1 Å². The van der Waals surface area contributed by atoms with Crippen molar-refractivity contribution in [2.24, 2.45) is 0 Å². The van der Waals surface area contributed by atoms with Gasteiger partial charge in [0, 0.05) is 5.02 Å². The Labute approximate surface area is 142 Å². The third-order valence-electron chi connectivity index (χ3n) is 3.03. The van der Waals surface area contributed by atoms with Crippen molar-refractivity contribution in [3.8, 4) is 17.2 Å². The molecule has 0 aliphatic heterocycles. The molecule has 0 heterocycles. The highest BCUT2D eigenvalue weighted by Crippen LogP contribution is 2.31. The number of nitro benzene ring substituents is 1. The number of hydrogen-bond acceptors (Lipinski definition) is 6. The van der Waals surface area contributed by atoms with Gasteiger partial charge in [0.25, 0.3) is 0 Å². The van der Waals surface area contributed by atoms with Gasteiger partial charge in [-0.2, -0.15) is 0 Å². The smallest absolute Gasteiger partial charge is 0.352 e. The van der Waals surface area contributed by atoms with E-state index in [-0.39, 0.29) is 17.2 Å². The van der Waals surface area contributed by atoms with Crippen LogP contribution in [0.15, 0.2) is 42.5 Å². The summed E-state index contributed by atoms with van der Waals surface area (Å²) in [4.78, 5) is 22.5. The second kappa shape index (κ2) is 7.65. The molecular weight excluding hydrogens is 338 g/mol. The summed E-state index contributed by atoms with van der Waals surface area (Å²) in [5, 5.41) is 11.6. The van der Waals surface area contributed by atoms with Crippen LogP contribution in [-0.4, -0.2) is 24.1 Å². The van der Waals surface area contributed by atoms with Gasteiger partial charge < -0.3 is 14.2 Å². The van der Waals surface area contributed by atoms with E-state index in [0.29, 0.717) is 10.8 Å². The summed E-state index contributed by atoms with van der Waals surface area (Å²) in [6.07, 6.45) is -0.965.